The Morgan fingerprint density at radius 2 is 1.97 bits per heavy atom. The number of benzene rings is 1. The number of carbonyl (C=O) groups excluding carboxylic acids is 1. The average molecular weight is 390 g/mol. The Kier molecular flexibility index (Phi) is 4.66. The Morgan fingerprint density at radius 1 is 1.17 bits per heavy atom. The summed E-state index contributed by atoms with van der Waals surface area (Å²) >= 11 is 0. The van der Waals surface area contributed by atoms with E-state index >= 15 is 0 Å². The minimum absolute atomic E-state index is 0.186. The first-order valence-corrected chi connectivity index (χ1v) is 10.6. The maximum Gasteiger partial charge on any atom is 0.123 e. The van der Waals surface area contributed by atoms with Crippen LogP contribution in [0.4, 0.5) is 0 Å². The molecule has 0 radical (unpaired) electrons. The summed E-state index contributed by atoms with van der Waals surface area (Å²) in [5.41, 5.74) is 6.17. The number of aldehydes is 1. The number of piperidine rings is 1. The van der Waals surface area contributed by atoms with E-state index in [-0.39, 0.29) is 5.92 Å². The van der Waals surface area contributed by atoms with E-state index in [2.05, 4.69) is 41.4 Å². The predicted octanol–water partition coefficient (Wildman–Crippen LogP) is 3.76. The van der Waals surface area contributed by atoms with Gasteiger partial charge in [-0.15, -0.1) is 0 Å². The summed E-state index contributed by atoms with van der Waals surface area (Å²) in [7, 11) is 2.19. The fourth-order valence-corrected chi connectivity index (χ4v) is 4.72. The van der Waals surface area contributed by atoms with E-state index in [1.54, 1.807) is 0 Å². The molecular formula is C23H27N5O. The molecule has 29 heavy (non-hydrogen) atoms. The summed E-state index contributed by atoms with van der Waals surface area (Å²) in [6.07, 6.45) is 9.13. The van der Waals surface area contributed by atoms with Gasteiger partial charge in [-0.05, 0) is 70.3 Å². The molecule has 6 nitrogen and oxygen atoms in total. The molecule has 3 aromatic rings. The lowest BCUT2D eigenvalue weighted by Crippen LogP contribution is -2.29. The van der Waals surface area contributed by atoms with Gasteiger partial charge >= 0.3 is 0 Å². The van der Waals surface area contributed by atoms with Crippen LogP contribution in [0.25, 0.3) is 22.3 Å². The first-order valence-electron chi connectivity index (χ1n) is 10.6. The predicted molar refractivity (Wildman–Crippen MR) is 113 cm³/mol. The van der Waals surface area contributed by atoms with Crippen molar-refractivity contribution in [3.8, 4) is 11.3 Å². The molecule has 1 aliphatic heterocycles. The third-order valence-electron chi connectivity index (χ3n) is 6.67. The molecule has 0 atom stereocenters. The van der Waals surface area contributed by atoms with Crippen molar-refractivity contribution in [2.75, 3.05) is 20.1 Å². The molecule has 5 rings (SSSR count). The zero-order valence-electron chi connectivity index (χ0n) is 17.1. The van der Waals surface area contributed by atoms with E-state index in [4.69, 9.17) is 9.97 Å². The van der Waals surface area contributed by atoms with Crippen LogP contribution in [0.15, 0.2) is 30.6 Å². The van der Waals surface area contributed by atoms with Gasteiger partial charge in [-0.3, -0.25) is 9.67 Å². The quantitative estimate of drug-likeness (QED) is 0.636. The maximum atomic E-state index is 10.9. The first kappa shape index (κ1) is 18.4. The van der Waals surface area contributed by atoms with E-state index in [0.29, 0.717) is 12.0 Å². The van der Waals surface area contributed by atoms with Crippen LogP contribution in [0.3, 0.4) is 0 Å². The van der Waals surface area contributed by atoms with E-state index in [1.807, 2.05) is 17.8 Å². The SMILES string of the molecule is Cc1nn(C2CC(C=O)C2)cc1-c1cnc2c(C3CCN(C)CC3)cccc2n1. The van der Waals surface area contributed by atoms with Crippen molar-refractivity contribution in [2.24, 2.45) is 5.92 Å². The minimum Gasteiger partial charge on any atom is -0.306 e. The number of rotatable bonds is 4. The number of hydrogen-bond donors (Lipinski definition) is 0. The fourth-order valence-electron chi connectivity index (χ4n) is 4.72. The van der Waals surface area contributed by atoms with E-state index < -0.39 is 0 Å². The molecule has 0 amide bonds. The van der Waals surface area contributed by atoms with Crippen LogP contribution >= 0.6 is 0 Å². The van der Waals surface area contributed by atoms with E-state index in [9.17, 15) is 4.79 Å². The van der Waals surface area contributed by atoms with Crippen LogP contribution in [0.5, 0.6) is 0 Å². The summed E-state index contributed by atoms with van der Waals surface area (Å²) < 4.78 is 2.01. The average Bonchev–Trinajstić information content (AvgIpc) is 3.08. The molecule has 0 N–H and O–H groups in total. The van der Waals surface area contributed by atoms with Gasteiger partial charge in [0.25, 0.3) is 0 Å². The third-order valence-corrected chi connectivity index (χ3v) is 6.67. The number of likely N-dealkylation sites (tertiary alicyclic amines) is 1. The third kappa shape index (κ3) is 3.35. The highest BCUT2D eigenvalue weighted by Gasteiger charge is 2.31. The van der Waals surface area contributed by atoms with Crippen LogP contribution in [0.2, 0.25) is 0 Å². The first-order chi connectivity index (χ1) is 14.1. The lowest BCUT2D eigenvalue weighted by Gasteiger charge is -2.31. The molecule has 0 bridgehead atoms. The van der Waals surface area contributed by atoms with Gasteiger partial charge in [0.1, 0.15) is 6.29 Å². The Hall–Kier alpha value is -2.60. The van der Waals surface area contributed by atoms with Crippen molar-refractivity contribution in [3.63, 3.8) is 0 Å². The van der Waals surface area contributed by atoms with Crippen molar-refractivity contribution in [1.29, 1.82) is 0 Å². The fraction of sp³-hybridized carbons (Fsp3) is 0.478. The summed E-state index contributed by atoms with van der Waals surface area (Å²) in [5.74, 6) is 0.746. The monoisotopic (exact) mass is 389 g/mol. The van der Waals surface area contributed by atoms with Gasteiger partial charge in [-0.1, -0.05) is 12.1 Å². The van der Waals surface area contributed by atoms with Crippen LogP contribution in [0, 0.1) is 12.8 Å². The molecule has 1 saturated heterocycles. The number of carbonyl (C=O) groups is 1. The molecule has 2 fully saturated rings. The molecule has 0 spiro atoms. The Labute approximate surface area is 171 Å². The minimum atomic E-state index is 0.186. The second-order valence-electron chi connectivity index (χ2n) is 8.68. The van der Waals surface area contributed by atoms with Gasteiger partial charge in [-0.2, -0.15) is 5.10 Å². The largest absolute Gasteiger partial charge is 0.306 e. The van der Waals surface area contributed by atoms with Crippen molar-refractivity contribution in [2.45, 2.75) is 44.6 Å². The number of nitrogens with zero attached hydrogens (tertiary/aromatic N) is 5. The molecule has 1 saturated carbocycles. The molecule has 1 aliphatic carbocycles. The molecule has 2 aliphatic rings. The molecule has 6 heteroatoms. The Balaban J connectivity index is 1.45. The molecule has 2 aromatic heterocycles. The van der Waals surface area contributed by atoms with Crippen LogP contribution in [-0.2, 0) is 4.79 Å². The topological polar surface area (TPSA) is 63.9 Å². The van der Waals surface area contributed by atoms with Crippen molar-refractivity contribution in [3.05, 3.63) is 41.9 Å². The number of fused-ring (bicyclic) bond motifs is 1. The lowest BCUT2D eigenvalue weighted by atomic mass is 9.81. The molecule has 150 valence electrons. The van der Waals surface area contributed by atoms with Crippen molar-refractivity contribution in [1.82, 2.24) is 24.6 Å². The Morgan fingerprint density at radius 3 is 2.72 bits per heavy atom. The second kappa shape index (κ2) is 7.34. The second-order valence-corrected chi connectivity index (χ2v) is 8.68. The number of aryl methyl sites for hydroxylation is 1. The van der Waals surface area contributed by atoms with Crippen molar-refractivity contribution >= 4 is 17.3 Å². The molecular weight excluding hydrogens is 362 g/mol. The van der Waals surface area contributed by atoms with E-state index in [1.165, 1.54) is 18.4 Å². The molecule has 1 aromatic carbocycles. The summed E-state index contributed by atoms with van der Waals surface area (Å²) in [6.45, 7) is 4.29. The van der Waals surface area contributed by atoms with Crippen LogP contribution < -0.4 is 0 Å². The maximum absolute atomic E-state index is 10.9. The van der Waals surface area contributed by atoms with Gasteiger partial charge in [-0.25, -0.2) is 4.98 Å². The van der Waals surface area contributed by atoms with Gasteiger partial charge in [0.15, 0.2) is 0 Å². The van der Waals surface area contributed by atoms with Crippen LogP contribution in [0.1, 0.15) is 48.9 Å². The standard InChI is InChI=1S/C23H27N5O/c1-15-20(13-28(26-15)18-10-16(11-18)14-29)22-12-24-23-19(4-3-5-21(23)25-22)17-6-8-27(2)9-7-17/h3-5,12-14,16-18H,6-11H2,1-2H3. The lowest BCUT2D eigenvalue weighted by molar-refractivity contribution is -0.114. The smallest absolute Gasteiger partial charge is 0.123 e. The Bertz CT molecular complexity index is 1040. The highest BCUT2D eigenvalue weighted by atomic mass is 16.1. The molecule has 0 unspecified atom stereocenters. The zero-order chi connectivity index (χ0) is 20.0. The number of aromatic nitrogens is 4. The van der Waals surface area contributed by atoms with Gasteiger partial charge in [0.05, 0.1) is 34.7 Å². The molecule has 3 heterocycles. The van der Waals surface area contributed by atoms with Gasteiger partial charge < -0.3 is 9.69 Å². The number of para-hydroxylation sites is 1. The normalized spacial score (nSPS) is 23.2. The highest BCUT2D eigenvalue weighted by Crippen LogP contribution is 2.37. The van der Waals surface area contributed by atoms with Gasteiger partial charge in [0, 0.05) is 17.7 Å². The van der Waals surface area contributed by atoms with E-state index in [0.717, 1.165) is 60.2 Å². The van der Waals surface area contributed by atoms with Gasteiger partial charge in [0.2, 0.25) is 0 Å². The zero-order valence-corrected chi connectivity index (χ0v) is 17.1. The summed E-state index contributed by atoms with van der Waals surface area (Å²) in [4.78, 5) is 23.1. The summed E-state index contributed by atoms with van der Waals surface area (Å²) in [5, 5.41) is 4.68. The van der Waals surface area contributed by atoms with Crippen molar-refractivity contribution < 1.29 is 4.79 Å². The van der Waals surface area contributed by atoms with Crippen LogP contribution in [-0.4, -0.2) is 51.1 Å². The highest BCUT2D eigenvalue weighted by molar-refractivity contribution is 5.81. The summed E-state index contributed by atoms with van der Waals surface area (Å²) in [6, 6.07) is 6.71. The number of hydrogen-bond acceptors (Lipinski definition) is 5.